The zero-order valence-electron chi connectivity index (χ0n) is 9.38. The van der Waals surface area contributed by atoms with Crippen LogP contribution < -0.4 is 0 Å². The lowest BCUT2D eigenvalue weighted by molar-refractivity contribution is 0.174. The minimum absolute atomic E-state index is 0.188. The van der Waals surface area contributed by atoms with Crippen LogP contribution in [0.4, 0.5) is 0 Å². The number of sulfone groups is 1. The van der Waals surface area contributed by atoms with Gasteiger partial charge in [0.2, 0.25) is 0 Å². The fourth-order valence-electron chi connectivity index (χ4n) is 1.83. The van der Waals surface area contributed by atoms with E-state index >= 15 is 0 Å². The summed E-state index contributed by atoms with van der Waals surface area (Å²) in [5.74, 6) is 0. The molecule has 0 amide bonds. The molecule has 0 atom stereocenters. The average Bonchev–Trinajstić information content (AvgIpc) is 2.80. The highest BCUT2D eigenvalue weighted by Crippen LogP contribution is 2.24. The molecule has 17 heavy (non-hydrogen) atoms. The zero-order chi connectivity index (χ0) is 12.5. The summed E-state index contributed by atoms with van der Waals surface area (Å²) in [6.45, 7) is 0.218. The maximum absolute atomic E-state index is 11.7. The van der Waals surface area contributed by atoms with Gasteiger partial charge in [-0.15, -0.1) is 0 Å². The van der Waals surface area contributed by atoms with Gasteiger partial charge in [-0.25, -0.2) is 8.42 Å². The van der Waals surface area contributed by atoms with E-state index in [1.807, 2.05) is 0 Å². The van der Waals surface area contributed by atoms with E-state index in [9.17, 15) is 13.5 Å². The van der Waals surface area contributed by atoms with E-state index < -0.39 is 9.84 Å². The highest BCUT2D eigenvalue weighted by molar-refractivity contribution is 7.90. The Hall–Kier alpha value is -1.40. The minimum Gasteiger partial charge on any atom is -0.395 e. The van der Waals surface area contributed by atoms with Gasteiger partial charge in [0.05, 0.1) is 17.2 Å². The van der Waals surface area contributed by atoms with E-state index in [1.54, 1.807) is 12.1 Å². The molecule has 5 nitrogen and oxygen atoms in total. The minimum atomic E-state index is -3.35. The molecule has 0 radical (unpaired) electrons. The van der Waals surface area contributed by atoms with Crippen LogP contribution in [0.2, 0.25) is 0 Å². The molecule has 0 unspecified atom stereocenters. The Kier molecular flexibility index (Phi) is 3.17. The topological polar surface area (TPSA) is 76.0 Å². The van der Waals surface area contributed by atoms with Gasteiger partial charge in [-0.3, -0.25) is 0 Å². The first-order chi connectivity index (χ1) is 8.04. The van der Waals surface area contributed by atoms with E-state index in [-0.39, 0.29) is 11.5 Å². The van der Waals surface area contributed by atoms with Gasteiger partial charge < -0.3 is 9.94 Å². The van der Waals surface area contributed by atoms with Gasteiger partial charge in [0, 0.05) is 18.2 Å². The third kappa shape index (κ3) is 2.32. The van der Waals surface area contributed by atoms with Crippen molar-refractivity contribution in [1.82, 2.24) is 0 Å². The predicted octanol–water partition coefficient (Wildman–Crippen LogP) is 0.707. The van der Waals surface area contributed by atoms with Gasteiger partial charge in [-0.2, -0.15) is 0 Å². The molecule has 2 rings (SSSR count). The summed E-state index contributed by atoms with van der Waals surface area (Å²) in [4.78, 5) is 5.08. The lowest BCUT2D eigenvalue weighted by atomic mass is 10.0. The maximum atomic E-state index is 11.7. The van der Waals surface area contributed by atoms with Crippen LogP contribution >= 0.6 is 0 Å². The Labute approximate surface area is 99.6 Å². The molecule has 0 saturated heterocycles. The Balaban J connectivity index is 2.68. The first-order valence-electron chi connectivity index (χ1n) is 5.16. The van der Waals surface area contributed by atoms with Gasteiger partial charge in [-0.05, 0) is 11.6 Å². The lowest BCUT2D eigenvalue weighted by Crippen LogP contribution is -2.11. The number of rotatable bonds is 3. The summed E-state index contributed by atoms with van der Waals surface area (Å²) in [6, 6.07) is 4.82. The fourth-order valence-corrected chi connectivity index (χ4v) is 2.77. The van der Waals surface area contributed by atoms with Gasteiger partial charge in [0.15, 0.2) is 9.84 Å². The summed E-state index contributed by atoms with van der Waals surface area (Å²) in [6.07, 6.45) is 1.70. The smallest absolute Gasteiger partial charge is 0.176 e. The van der Waals surface area contributed by atoms with E-state index in [2.05, 4.69) is 5.16 Å². The third-order valence-electron chi connectivity index (χ3n) is 2.58. The molecule has 1 N–H and O–H groups in total. The van der Waals surface area contributed by atoms with Crippen molar-refractivity contribution < 1.29 is 18.4 Å². The van der Waals surface area contributed by atoms with Crippen molar-refractivity contribution in [1.29, 1.82) is 0 Å². The highest BCUT2D eigenvalue weighted by Gasteiger charge is 2.22. The number of hydrogen-bond acceptors (Lipinski definition) is 5. The van der Waals surface area contributed by atoms with E-state index in [1.165, 1.54) is 6.07 Å². The van der Waals surface area contributed by atoms with Crippen molar-refractivity contribution in [2.75, 3.05) is 12.9 Å². The Bertz CT molecular complexity index is 563. The monoisotopic (exact) mass is 255 g/mol. The van der Waals surface area contributed by atoms with Crippen LogP contribution in [-0.4, -0.2) is 32.1 Å². The van der Waals surface area contributed by atoms with Crippen LogP contribution in [0.3, 0.4) is 0 Å². The molecular formula is C11H13NO4S. The van der Waals surface area contributed by atoms with Crippen LogP contribution in [0.1, 0.15) is 17.5 Å². The first kappa shape index (κ1) is 12.1. The Morgan fingerprint density at radius 2 is 2.24 bits per heavy atom. The number of hydrogen-bond donors (Lipinski definition) is 1. The van der Waals surface area contributed by atoms with Crippen molar-refractivity contribution in [3.63, 3.8) is 0 Å². The standard InChI is InChI=1S/C11H13NO4S/c1-17(14,15)10-4-2-3-8(7-13)11(10)9-5-6-16-12-9/h2-4,13H,5-7H2,1H3. The van der Waals surface area contributed by atoms with E-state index in [0.717, 1.165) is 6.26 Å². The molecular weight excluding hydrogens is 242 g/mol. The molecule has 1 aliphatic rings. The number of nitrogens with zero attached hydrogens (tertiary/aromatic N) is 1. The normalized spacial score (nSPS) is 15.5. The van der Waals surface area contributed by atoms with E-state index in [4.69, 9.17) is 4.84 Å². The molecule has 1 aliphatic heterocycles. The number of benzene rings is 1. The van der Waals surface area contributed by atoms with Crippen LogP contribution in [0, 0.1) is 0 Å². The van der Waals surface area contributed by atoms with Gasteiger partial charge >= 0.3 is 0 Å². The van der Waals surface area contributed by atoms with Crippen molar-refractivity contribution in [2.45, 2.75) is 17.9 Å². The van der Waals surface area contributed by atoms with Gasteiger partial charge in [0.1, 0.15) is 6.61 Å². The van der Waals surface area contributed by atoms with Gasteiger partial charge in [-0.1, -0.05) is 17.3 Å². The maximum Gasteiger partial charge on any atom is 0.176 e. The predicted molar refractivity (Wildman–Crippen MR) is 62.6 cm³/mol. The van der Waals surface area contributed by atoms with E-state index in [0.29, 0.717) is 29.9 Å². The second-order valence-electron chi connectivity index (χ2n) is 3.84. The van der Waals surface area contributed by atoms with Crippen molar-refractivity contribution >= 4 is 15.5 Å². The van der Waals surface area contributed by atoms with Gasteiger partial charge in [0.25, 0.3) is 0 Å². The summed E-state index contributed by atoms with van der Waals surface area (Å²) in [5, 5.41) is 13.1. The van der Waals surface area contributed by atoms with Crippen LogP contribution in [-0.2, 0) is 21.3 Å². The molecule has 6 heteroatoms. The summed E-state index contributed by atoms with van der Waals surface area (Å²) in [5.41, 5.74) is 1.61. The number of aliphatic hydroxyl groups is 1. The third-order valence-corrected chi connectivity index (χ3v) is 3.71. The van der Waals surface area contributed by atoms with Crippen molar-refractivity contribution in [3.8, 4) is 0 Å². The highest BCUT2D eigenvalue weighted by atomic mass is 32.2. The Morgan fingerprint density at radius 3 is 2.76 bits per heavy atom. The largest absolute Gasteiger partial charge is 0.395 e. The summed E-state index contributed by atoms with van der Waals surface area (Å²) >= 11 is 0. The summed E-state index contributed by atoms with van der Waals surface area (Å²) < 4.78 is 23.4. The quantitative estimate of drug-likeness (QED) is 0.863. The molecule has 1 aromatic carbocycles. The molecule has 0 bridgehead atoms. The SMILES string of the molecule is CS(=O)(=O)c1cccc(CO)c1C1=NOCC1. The average molecular weight is 255 g/mol. The molecule has 1 aromatic rings. The molecule has 0 saturated carbocycles. The molecule has 0 aromatic heterocycles. The summed E-state index contributed by atoms with van der Waals surface area (Å²) in [7, 11) is -3.35. The second kappa shape index (κ2) is 4.46. The van der Waals surface area contributed by atoms with Crippen LogP contribution in [0.25, 0.3) is 0 Å². The molecule has 0 aliphatic carbocycles. The van der Waals surface area contributed by atoms with Crippen molar-refractivity contribution in [2.24, 2.45) is 5.16 Å². The molecule has 0 fully saturated rings. The van der Waals surface area contributed by atoms with Crippen LogP contribution in [0.15, 0.2) is 28.3 Å². The lowest BCUT2D eigenvalue weighted by Gasteiger charge is -2.11. The Morgan fingerprint density at radius 1 is 1.47 bits per heavy atom. The van der Waals surface area contributed by atoms with Crippen LogP contribution in [0.5, 0.6) is 0 Å². The number of oxime groups is 1. The fraction of sp³-hybridized carbons (Fsp3) is 0.364. The molecule has 0 spiro atoms. The molecule has 1 heterocycles. The first-order valence-corrected chi connectivity index (χ1v) is 7.05. The molecule has 92 valence electrons. The zero-order valence-corrected chi connectivity index (χ0v) is 10.2. The number of aliphatic hydroxyl groups excluding tert-OH is 1. The second-order valence-corrected chi connectivity index (χ2v) is 5.83. The van der Waals surface area contributed by atoms with Crippen molar-refractivity contribution in [3.05, 3.63) is 29.3 Å².